The molecule has 7 heteroatoms. The molecule has 1 aromatic heterocycles. The molecule has 0 amide bonds. The van der Waals surface area contributed by atoms with Gasteiger partial charge < -0.3 is 24.3 Å². The summed E-state index contributed by atoms with van der Waals surface area (Å²) in [6.07, 6.45) is 3.41. The molecule has 0 radical (unpaired) electrons. The zero-order chi connectivity index (χ0) is 20.5. The third kappa shape index (κ3) is 5.04. The fraction of sp³-hybridized carbons (Fsp3) is 0.524. The molecule has 1 N–H and O–H groups in total. The predicted molar refractivity (Wildman–Crippen MR) is 111 cm³/mol. The fourth-order valence-electron chi connectivity index (χ4n) is 3.03. The molecule has 0 unspecified atom stereocenters. The van der Waals surface area contributed by atoms with Crippen LogP contribution in [0.2, 0.25) is 0 Å². The van der Waals surface area contributed by atoms with Crippen molar-refractivity contribution >= 4 is 5.82 Å². The minimum atomic E-state index is 0.446. The van der Waals surface area contributed by atoms with E-state index in [2.05, 4.69) is 12.2 Å². The van der Waals surface area contributed by atoms with Crippen LogP contribution in [0.5, 0.6) is 17.4 Å². The Morgan fingerprint density at radius 3 is 2.14 bits per heavy atom. The third-order valence-corrected chi connectivity index (χ3v) is 4.42. The molecule has 0 aliphatic rings. The fourth-order valence-corrected chi connectivity index (χ4v) is 3.03. The summed E-state index contributed by atoms with van der Waals surface area (Å²) < 4.78 is 22.0. The predicted octanol–water partition coefficient (Wildman–Crippen LogP) is 4.23. The first-order chi connectivity index (χ1) is 13.6. The van der Waals surface area contributed by atoms with E-state index in [-0.39, 0.29) is 0 Å². The van der Waals surface area contributed by atoms with Crippen molar-refractivity contribution in [2.45, 2.75) is 39.7 Å². The van der Waals surface area contributed by atoms with Gasteiger partial charge in [0.1, 0.15) is 17.2 Å². The topological polar surface area (TPSA) is 74.7 Å². The van der Waals surface area contributed by atoms with Crippen molar-refractivity contribution in [1.82, 2.24) is 9.97 Å². The minimum absolute atomic E-state index is 0.446. The molecular weight excluding hydrogens is 358 g/mol. The molecule has 0 aliphatic heterocycles. The molecule has 2 rings (SSSR count). The van der Waals surface area contributed by atoms with E-state index < -0.39 is 0 Å². The van der Waals surface area contributed by atoms with Crippen LogP contribution in [0.25, 0.3) is 11.3 Å². The average Bonchev–Trinajstić information content (AvgIpc) is 2.71. The monoisotopic (exact) mass is 389 g/mol. The minimum Gasteiger partial charge on any atom is -0.496 e. The van der Waals surface area contributed by atoms with Gasteiger partial charge in [0.15, 0.2) is 5.82 Å². The maximum atomic E-state index is 5.62. The number of anilines is 1. The molecule has 0 spiro atoms. The van der Waals surface area contributed by atoms with Gasteiger partial charge in [-0.05, 0) is 31.0 Å². The Kier molecular flexibility index (Phi) is 8.32. The van der Waals surface area contributed by atoms with Crippen molar-refractivity contribution in [2.24, 2.45) is 0 Å². The largest absolute Gasteiger partial charge is 0.496 e. The van der Waals surface area contributed by atoms with Crippen molar-refractivity contribution in [1.29, 1.82) is 0 Å². The lowest BCUT2D eigenvalue weighted by Crippen LogP contribution is -2.09. The van der Waals surface area contributed by atoms with Crippen molar-refractivity contribution in [3.63, 3.8) is 0 Å². The molecule has 2 aromatic rings. The normalized spacial score (nSPS) is 10.6. The van der Waals surface area contributed by atoms with Gasteiger partial charge in [0.25, 0.3) is 5.88 Å². The number of nitrogens with zero attached hydrogens (tertiary/aromatic N) is 2. The lowest BCUT2D eigenvalue weighted by molar-refractivity contribution is 0.184. The highest BCUT2D eigenvalue weighted by atomic mass is 16.5. The Bertz CT molecular complexity index is 755. The molecule has 7 nitrogen and oxygen atoms in total. The second-order valence-electron chi connectivity index (χ2n) is 6.46. The van der Waals surface area contributed by atoms with Crippen LogP contribution in [0.15, 0.2) is 12.1 Å². The summed E-state index contributed by atoms with van der Waals surface area (Å²) in [7, 11) is 6.49. The van der Waals surface area contributed by atoms with Gasteiger partial charge in [-0.1, -0.05) is 19.8 Å². The summed E-state index contributed by atoms with van der Waals surface area (Å²) in [5.74, 6) is 2.39. The number of methoxy groups -OCH3 is 4. The molecule has 28 heavy (non-hydrogen) atoms. The first kappa shape index (κ1) is 21.8. The van der Waals surface area contributed by atoms with Crippen molar-refractivity contribution < 1.29 is 18.9 Å². The Hall–Kier alpha value is -2.54. The summed E-state index contributed by atoms with van der Waals surface area (Å²) in [4.78, 5) is 9.41. The van der Waals surface area contributed by atoms with Gasteiger partial charge in [-0.2, -0.15) is 0 Å². The second kappa shape index (κ2) is 10.7. The number of benzene rings is 1. The summed E-state index contributed by atoms with van der Waals surface area (Å²) in [5.41, 5.74) is 3.11. The lowest BCUT2D eigenvalue weighted by atomic mass is 10.0. The van der Waals surface area contributed by atoms with Gasteiger partial charge in [-0.25, -0.2) is 9.97 Å². The van der Waals surface area contributed by atoms with Crippen LogP contribution in [0.1, 0.15) is 37.4 Å². The first-order valence-corrected chi connectivity index (χ1v) is 9.50. The molecule has 0 saturated heterocycles. The van der Waals surface area contributed by atoms with E-state index in [1.807, 2.05) is 19.1 Å². The van der Waals surface area contributed by atoms with E-state index in [1.165, 1.54) is 12.8 Å². The highest BCUT2D eigenvalue weighted by Gasteiger charge is 2.21. The quantitative estimate of drug-likeness (QED) is 0.577. The highest BCUT2D eigenvalue weighted by Crippen LogP contribution is 2.41. The molecule has 0 atom stereocenters. The smallest absolute Gasteiger partial charge is 0.257 e. The van der Waals surface area contributed by atoms with Crippen molar-refractivity contribution in [3.05, 3.63) is 23.4 Å². The van der Waals surface area contributed by atoms with E-state index in [1.54, 1.807) is 28.4 Å². The maximum absolute atomic E-state index is 5.62. The van der Waals surface area contributed by atoms with E-state index >= 15 is 0 Å². The van der Waals surface area contributed by atoms with E-state index in [9.17, 15) is 0 Å². The van der Waals surface area contributed by atoms with Gasteiger partial charge in [0.05, 0.1) is 39.2 Å². The highest BCUT2D eigenvalue weighted by molar-refractivity contribution is 5.77. The molecule has 154 valence electrons. The van der Waals surface area contributed by atoms with Gasteiger partial charge in [0.2, 0.25) is 0 Å². The Morgan fingerprint density at radius 1 is 0.929 bits per heavy atom. The van der Waals surface area contributed by atoms with Gasteiger partial charge in [-0.15, -0.1) is 0 Å². The standard InChI is InChI=1S/C21H31N3O4/c1-7-8-9-10-22-20-21(28-6)24-19(14(2)23-20)18-16(26-4)11-15(13-25-3)12-17(18)27-5/h11-12H,7-10,13H2,1-6H3,(H,22,23). The summed E-state index contributed by atoms with van der Waals surface area (Å²) in [6, 6.07) is 3.84. The molecular formula is C21H31N3O4. The van der Waals surface area contributed by atoms with E-state index in [4.69, 9.17) is 28.9 Å². The zero-order valence-corrected chi connectivity index (χ0v) is 17.7. The Labute approximate surface area is 167 Å². The molecule has 0 saturated carbocycles. The summed E-state index contributed by atoms with van der Waals surface area (Å²) in [6.45, 7) is 5.39. The molecule has 0 aliphatic carbocycles. The van der Waals surface area contributed by atoms with Gasteiger partial charge in [0, 0.05) is 13.7 Å². The number of hydrogen-bond donors (Lipinski definition) is 1. The number of nitrogens with one attached hydrogen (secondary N) is 1. The number of unbranched alkanes of at least 4 members (excludes halogenated alkanes) is 2. The summed E-state index contributed by atoms with van der Waals surface area (Å²) >= 11 is 0. The van der Waals surface area contributed by atoms with E-state index in [0.717, 1.165) is 29.8 Å². The van der Waals surface area contributed by atoms with Gasteiger partial charge >= 0.3 is 0 Å². The van der Waals surface area contributed by atoms with Crippen molar-refractivity contribution in [2.75, 3.05) is 40.3 Å². The number of ether oxygens (including phenoxy) is 4. The third-order valence-electron chi connectivity index (χ3n) is 4.42. The van der Waals surface area contributed by atoms with Crippen LogP contribution in [0.4, 0.5) is 5.82 Å². The molecule has 1 aromatic carbocycles. The summed E-state index contributed by atoms with van der Waals surface area (Å²) in [5, 5.41) is 3.32. The maximum Gasteiger partial charge on any atom is 0.257 e. The van der Waals surface area contributed by atoms with Crippen LogP contribution < -0.4 is 19.5 Å². The van der Waals surface area contributed by atoms with Crippen LogP contribution in [0.3, 0.4) is 0 Å². The number of aromatic nitrogens is 2. The van der Waals surface area contributed by atoms with E-state index in [0.29, 0.717) is 35.5 Å². The van der Waals surface area contributed by atoms with Crippen LogP contribution in [-0.4, -0.2) is 45.0 Å². The van der Waals surface area contributed by atoms with Crippen molar-refractivity contribution in [3.8, 4) is 28.6 Å². The molecule has 0 bridgehead atoms. The number of rotatable bonds is 11. The van der Waals surface area contributed by atoms with Crippen LogP contribution in [0, 0.1) is 6.92 Å². The molecule has 1 heterocycles. The van der Waals surface area contributed by atoms with Crippen LogP contribution in [-0.2, 0) is 11.3 Å². The second-order valence-corrected chi connectivity index (χ2v) is 6.46. The first-order valence-electron chi connectivity index (χ1n) is 9.50. The van der Waals surface area contributed by atoms with Crippen LogP contribution >= 0.6 is 0 Å². The lowest BCUT2D eigenvalue weighted by Gasteiger charge is -2.18. The SMILES string of the molecule is CCCCCNc1nc(C)c(-c2c(OC)cc(COC)cc2OC)nc1OC. The average molecular weight is 389 g/mol. The zero-order valence-electron chi connectivity index (χ0n) is 17.7. The Morgan fingerprint density at radius 2 is 1.61 bits per heavy atom. The number of hydrogen-bond acceptors (Lipinski definition) is 7. The number of aryl methyl sites for hydroxylation is 1. The Balaban J connectivity index is 2.49. The molecule has 0 fully saturated rings. The van der Waals surface area contributed by atoms with Gasteiger partial charge in [-0.3, -0.25) is 0 Å².